The van der Waals surface area contributed by atoms with Gasteiger partial charge in [-0.05, 0) is 102 Å². The quantitative estimate of drug-likeness (QED) is 0.319. The lowest BCUT2D eigenvalue weighted by molar-refractivity contribution is -0.144. The van der Waals surface area contributed by atoms with Gasteiger partial charge < -0.3 is 5.11 Å². The van der Waals surface area contributed by atoms with Crippen molar-refractivity contribution in [3.63, 3.8) is 0 Å². The molecule has 1 N–H and O–H groups in total. The fraction of sp³-hybridized carbons (Fsp3) is 0.519. The molecular weight excluding hydrogens is 554 g/mol. The van der Waals surface area contributed by atoms with E-state index in [1.165, 1.54) is 12.1 Å². The third-order valence-corrected chi connectivity index (χ3v) is 7.80. The van der Waals surface area contributed by atoms with Crippen LogP contribution in [0.15, 0.2) is 48.5 Å². The van der Waals surface area contributed by atoms with Crippen LogP contribution in [-0.4, -0.2) is 22.5 Å². The lowest BCUT2D eigenvalue weighted by Crippen LogP contribution is -2.42. The summed E-state index contributed by atoms with van der Waals surface area (Å²) >= 11 is 2.27. The molecule has 1 saturated heterocycles. The summed E-state index contributed by atoms with van der Waals surface area (Å²) in [7, 11) is 0. The van der Waals surface area contributed by atoms with Gasteiger partial charge in [0, 0.05) is 15.7 Å². The highest BCUT2D eigenvalue weighted by molar-refractivity contribution is 14.1. The van der Waals surface area contributed by atoms with Crippen molar-refractivity contribution in [1.82, 2.24) is 4.90 Å². The predicted molar refractivity (Wildman–Crippen MR) is 136 cm³/mol. The van der Waals surface area contributed by atoms with Crippen LogP contribution in [0.4, 0.5) is 13.2 Å². The summed E-state index contributed by atoms with van der Waals surface area (Å²) in [5.41, 5.74) is 1.38. The third-order valence-electron chi connectivity index (χ3n) is 7.08. The van der Waals surface area contributed by atoms with Crippen molar-refractivity contribution in [3.05, 3.63) is 68.8 Å². The molecule has 0 spiro atoms. The van der Waals surface area contributed by atoms with Crippen LogP contribution >= 0.6 is 22.6 Å². The number of aliphatic carboxylic acids is 1. The van der Waals surface area contributed by atoms with Crippen molar-refractivity contribution in [2.24, 2.45) is 17.8 Å². The average Bonchev–Trinajstić information content (AvgIpc) is 2.79. The van der Waals surface area contributed by atoms with Crippen LogP contribution in [0.1, 0.15) is 75.2 Å². The zero-order valence-corrected chi connectivity index (χ0v) is 22.0. The van der Waals surface area contributed by atoms with Crippen molar-refractivity contribution < 1.29 is 23.1 Å². The summed E-state index contributed by atoms with van der Waals surface area (Å²) < 4.78 is 40.6. The second kappa shape index (κ2) is 11.4. The zero-order chi connectivity index (χ0) is 25.0. The first-order valence-electron chi connectivity index (χ1n) is 11.9. The molecule has 4 atom stereocenters. The molecule has 0 radical (unpaired) electrons. The molecule has 0 bridgehead atoms. The van der Waals surface area contributed by atoms with E-state index in [2.05, 4.69) is 65.6 Å². The second-order valence-electron chi connectivity index (χ2n) is 9.82. The monoisotopic (exact) mass is 587 g/mol. The van der Waals surface area contributed by atoms with Gasteiger partial charge in [-0.15, -0.1) is 0 Å². The van der Waals surface area contributed by atoms with E-state index in [9.17, 15) is 23.1 Å². The molecule has 2 aromatic rings. The molecule has 2 aromatic carbocycles. The summed E-state index contributed by atoms with van der Waals surface area (Å²) in [5, 5.41) is 9.61. The smallest absolute Gasteiger partial charge is 0.416 e. The van der Waals surface area contributed by atoms with Crippen molar-refractivity contribution in [2.75, 3.05) is 6.54 Å². The Labute approximate surface area is 213 Å². The number of piperidine rings is 1. The van der Waals surface area contributed by atoms with E-state index in [0.717, 1.165) is 34.0 Å². The number of carbonyl (C=O) groups is 1. The Morgan fingerprint density at radius 1 is 1.06 bits per heavy atom. The van der Waals surface area contributed by atoms with Gasteiger partial charge >= 0.3 is 12.1 Å². The SMILES string of the molecule is CC(C)CC[C@H](c1ccc(C(F)(F)F)cc1)N1CC[C@@H](C(C)C(=O)O)C[C@H]1c1ccc(I)cc1. The van der Waals surface area contributed by atoms with Gasteiger partial charge in [0.15, 0.2) is 0 Å². The maximum Gasteiger partial charge on any atom is 0.416 e. The highest BCUT2D eigenvalue weighted by Gasteiger charge is 2.38. The van der Waals surface area contributed by atoms with E-state index >= 15 is 0 Å². The fourth-order valence-electron chi connectivity index (χ4n) is 4.96. The Balaban J connectivity index is 1.98. The number of carboxylic acid groups (broad SMARTS) is 1. The number of benzene rings is 2. The summed E-state index contributed by atoms with van der Waals surface area (Å²) in [5.74, 6) is -0.692. The van der Waals surface area contributed by atoms with Crippen LogP contribution in [0, 0.1) is 21.3 Å². The third kappa shape index (κ3) is 6.74. The lowest BCUT2D eigenvalue weighted by atomic mass is 9.78. The Kier molecular flexibility index (Phi) is 9.06. The molecule has 7 heteroatoms. The molecule has 3 rings (SSSR count). The lowest BCUT2D eigenvalue weighted by Gasteiger charge is -2.45. The predicted octanol–water partition coefficient (Wildman–Crippen LogP) is 7.96. The van der Waals surface area contributed by atoms with Gasteiger partial charge in [0.2, 0.25) is 0 Å². The van der Waals surface area contributed by atoms with Gasteiger partial charge in [-0.1, -0.05) is 45.0 Å². The summed E-state index contributed by atoms with van der Waals surface area (Å²) in [6.45, 7) is 6.80. The first-order valence-corrected chi connectivity index (χ1v) is 13.0. The largest absolute Gasteiger partial charge is 0.481 e. The topological polar surface area (TPSA) is 40.5 Å². The van der Waals surface area contributed by atoms with Crippen molar-refractivity contribution in [2.45, 2.75) is 64.7 Å². The number of alkyl halides is 3. The molecule has 1 fully saturated rings. The van der Waals surface area contributed by atoms with Crippen LogP contribution in [0.3, 0.4) is 0 Å². The molecule has 1 heterocycles. The van der Waals surface area contributed by atoms with Crippen molar-refractivity contribution in [3.8, 4) is 0 Å². The molecule has 186 valence electrons. The Morgan fingerprint density at radius 3 is 2.21 bits per heavy atom. The van der Waals surface area contributed by atoms with E-state index < -0.39 is 23.6 Å². The number of halogens is 4. The van der Waals surface area contributed by atoms with Gasteiger partial charge in [0.05, 0.1) is 11.5 Å². The van der Waals surface area contributed by atoms with E-state index in [0.29, 0.717) is 18.9 Å². The van der Waals surface area contributed by atoms with Crippen LogP contribution in [-0.2, 0) is 11.0 Å². The maximum absolute atomic E-state index is 13.2. The number of likely N-dealkylation sites (tertiary alicyclic amines) is 1. The molecular formula is C27H33F3INO2. The molecule has 0 amide bonds. The Morgan fingerprint density at radius 2 is 1.68 bits per heavy atom. The first kappa shape index (κ1) is 27.0. The Bertz CT molecular complexity index is 944. The molecule has 34 heavy (non-hydrogen) atoms. The summed E-state index contributed by atoms with van der Waals surface area (Å²) in [6, 6.07) is 13.9. The summed E-state index contributed by atoms with van der Waals surface area (Å²) in [4.78, 5) is 14.1. The molecule has 1 aliphatic rings. The van der Waals surface area contributed by atoms with Crippen molar-refractivity contribution >= 4 is 28.6 Å². The first-order chi connectivity index (χ1) is 16.0. The number of nitrogens with zero attached hydrogens (tertiary/aromatic N) is 1. The zero-order valence-electron chi connectivity index (χ0n) is 19.9. The van der Waals surface area contributed by atoms with Gasteiger partial charge in [0.25, 0.3) is 0 Å². The van der Waals surface area contributed by atoms with Crippen LogP contribution in [0.5, 0.6) is 0 Å². The number of carboxylic acids is 1. The Hall–Kier alpha value is -1.61. The highest BCUT2D eigenvalue weighted by atomic mass is 127. The molecule has 0 aromatic heterocycles. The fourth-order valence-corrected chi connectivity index (χ4v) is 5.32. The van der Waals surface area contributed by atoms with Gasteiger partial charge in [0.1, 0.15) is 0 Å². The van der Waals surface area contributed by atoms with Crippen LogP contribution < -0.4 is 0 Å². The minimum Gasteiger partial charge on any atom is -0.481 e. The standard InChI is InChI=1S/C27H33F3INO2/c1-17(2)4-13-24(19-5-9-22(10-6-19)27(28,29)30)32-15-14-21(18(3)26(33)34)16-25(32)20-7-11-23(31)12-8-20/h5-12,17-18,21,24-25H,4,13-16H2,1-3H3,(H,33,34)/t18?,21-,24-,25+/m1/s1. The van der Waals surface area contributed by atoms with E-state index in [-0.39, 0.29) is 18.0 Å². The minimum atomic E-state index is -4.36. The summed E-state index contributed by atoms with van der Waals surface area (Å²) in [6.07, 6.45) is -1.10. The maximum atomic E-state index is 13.2. The van der Waals surface area contributed by atoms with Crippen molar-refractivity contribution in [1.29, 1.82) is 0 Å². The highest BCUT2D eigenvalue weighted by Crippen LogP contribution is 2.44. The second-order valence-corrected chi connectivity index (χ2v) is 11.1. The molecule has 1 unspecified atom stereocenters. The van der Waals surface area contributed by atoms with E-state index in [1.54, 1.807) is 19.1 Å². The number of hydrogen-bond acceptors (Lipinski definition) is 2. The molecule has 0 aliphatic carbocycles. The van der Waals surface area contributed by atoms with Crippen LogP contribution in [0.2, 0.25) is 0 Å². The van der Waals surface area contributed by atoms with Gasteiger partial charge in [-0.25, -0.2) is 0 Å². The molecule has 1 aliphatic heterocycles. The van der Waals surface area contributed by atoms with Crippen LogP contribution in [0.25, 0.3) is 0 Å². The van der Waals surface area contributed by atoms with Gasteiger partial charge in [-0.3, -0.25) is 9.69 Å². The number of rotatable bonds is 8. The molecule has 3 nitrogen and oxygen atoms in total. The number of hydrogen-bond donors (Lipinski definition) is 1. The van der Waals surface area contributed by atoms with E-state index in [1.807, 2.05) is 0 Å². The molecule has 0 saturated carbocycles. The van der Waals surface area contributed by atoms with Gasteiger partial charge in [-0.2, -0.15) is 13.2 Å². The van der Waals surface area contributed by atoms with E-state index in [4.69, 9.17) is 0 Å². The normalized spacial score (nSPS) is 21.4. The minimum absolute atomic E-state index is 0.0111. The average molecular weight is 587 g/mol.